The number of halogens is 1. The molecule has 0 unspecified atom stereocenters. The van der Waals surface area contributed by atoms with Gasteiger partial charge in [0.1, 0.15) is 11.6 Å². The molecule has 1 amide bonds. The highest BCUT2D eigenvalue weighted by Gasteiger charge is 2.09. The number of amides is 1. The van der Waals surface area contributed by atoms with E-state index in [1.807, 2.05) is 29.8 Å². The number of nitrogens with zero attached hydrogens (tertiary/aromatic N) is 2. The van der Waals surface area contributed by atoms with E-state index < -0.39 is 5.82 Å². The van der Waals surface area contributed by atoms with Crippen molar-refractivity contribution in [2.24, 2.45) is 0 Å². The zero-order valence-corrected chi connectivity index (χ0v) is 12.7. The Bertz CT molecular complexity index is 824. The molecule has 4 nitrogen and oxygen atoms in total. The van der Waals surface area contributed by atoms with Gasteiger partial charge in [0.15, 0.2) is 0 Å². The minimum absolute atomic E-state index is 0.176. The molecule has 0 atom stereocenters. The molecule has 3 rings (SSSR count). The molecule has 5 heteroatoms. The Hall–Kier alpha value is -2.95. The van der Waals surface area contributed by atoms with Crippen molar-refractivity contribution < 1.29 is 9.18 Å². The van der Waals surface area contributed by atoms with Gasteiger partial charge in [-0.2, -0.15) is 0 Å². The number of hydrogen-bond donors (Lipinski definition) is 1. The average Bonchev–Trinajstić information content (AvgIpc) is 2.95. The molecule has 1 N–H and O–H groups in total. The first-order valence-electron chi connectivity index (χ1n) is 7.26. The van der Waals surface area contributed by atoms with Gasteiger partial charge in [0.05, 0.1) is 5.69 Å². The Balaban J connectivity index is 1.70. The molecule has 0 saturated heterocycles. The number of imidazole rings is 1. The van der Waals surface area contributed by atoms with Crippen molar-refractivity contribution in [1.82, 2.24) is 9.55 Å². The van der Waals surface area contributed by atoms with Crippen molar-refractivity contribution in [2.75, 3.05) is 5.32 Å². The van der Waals surface area contributed by atoms with Gasteiger partial charge < -0.3 is 9.88 Å². The second-order valence-corrected chi connectivity index (χ2v) is 5.23. The van der Waals surface area contributed by atoms with Gasteiger partial charge in [0, 0.05) is 24.5 Å². The Labute approximate surface area is 133 Å². The second kappa shape index (κ2) is 6.44. The third-order valence-electron chi connectivity index (χ3n) is 3.61. The van der Waals surface area contributed by atoms with Crippen LogP contribution in [0.5, 0.6) is 0 Å². The summed E-state index contributed by atoms with van der Waals surface area (Å²) in [4.78, 5) is 16.3. The van der Waals surface area contributed by atoms with E-state index in [0.717, 1.165) is 11.4 Å². The SMILES string of the molecule is Cc1nccn1Cc1ccc(C(=O)Nc2ccccc2F)cc1. The summed E-state index contributed by atoms with van der Waals surface area (Å²) in [5.74, 6) is 0.153. The highest BCUT2D eigenvalue weighted by Crippen LogP contribution is 2.15. The van der Waals surface area contributed by atoms with Gasteiger partial charge in [-0.3, -0.25) is 4.79 Å². The molecule has 3 aromatic rings. The third-order valence-corrected chi connectivity index (χ3v) is 3.61. The van der Waals surface area contributed by atoms with Gasteiger partial charge in [-0.15, -0.1) is 0 Å². The van der Waals surface area contributed by atoms with E-state index in [-0.39, 0.29) is 11.6 Å². The van der Waals surface area contributed by atoms with E-state index in [1.165, 1.54) is 12.1 Å². The van der Waals surface area contributed by atoms with Crippen molar-refractivity contribution in [2.45, 2.75) is 13.5 Å². The standard InChI is InChI=1S/C18H16FN3O/c1-13-20-10-11-22(13)12-14-6-8-15(9-7-14)18(23)21-17-5-3-2-4-16(17)19/h2-11H,12H2,1H3,(H,21,23). The first kappa shape index (κ1) is 15.0. The summed E-state index contributed by atoms with van der Waals surface area (Å²) in [5.41, 5.74) is 1.73. The summed E-state index contributed by atoms with van der Waals surface area (Å²) < 4.78 is 15.6. The summed E-state index contributed by atoms with van der Waals surface area (Å²) in [6.07, 6.45) is 3.67. The molecule has 0 aliphatic rings. The maximum atomic E-state index is 13.6. The Morgan fingerprint density at radius 2 is 1.91 bits per heavy atom. The Kier molecular flexibility index (Phi) is 4.19. The molecule has 0 bridgehead atoms. The number of hydrogen-bond acceptors (Lipinski definition) is 2. The van der Waals surface area contributed by atoms with E-state index in [9.17, 15) is 9.18 Å². The molecule has 0 fully saturated rings. The minimum Gasteiger partial charge on any atom is -0.331 e. The topological polar surface area (TPSA) is 46.9 Å². The van der Waals surface area contributed by atoms with E-state index in [2.05, 4.69) is 10.3 Å². The van der Waals surface area contributed by atoms with Gasteiger partial charge in [-0.05, 0) is 36.8 Å². The molecule has 0 aliphatic carbocycles. The van der Waals surface area contributed by atoms with Crippen molar-refractivity contribution in [1.29, 1.82) is 0 Å². The maximum Gasteiger partial charge on any atom is 0.255 e. The molecule has 0 radical (unpaired) electrons. The maximum absolute atomic E-state index is 13.6. The van der Waals surface area contributed by atoms with Crippen LogP contribution in [0.25, 0.3) is 0 Å². The number of carbonyl (C=O) groups is 1. The van der Waals surface area contributed by atoms with Crippen molar-refractivity contribution in [3.8, 4) is 0 Å². The van der Waals surface area contributed by atoms with Crippen molar-refractivity contribution in [3.05, 3.63) is 83.7 Å². The lowest BCUT2D eigenvalue weighted by molar-refractivity contribution is 0.102. The van der Waals surface area contributed by atoms with Crippen LogP contribution in [0, 0.1) is 12.7 Å². The van der Waals surface area contributed by atoms with Gasteiger partial charge >= 0.3 is 0 Å². The van der Waals surface area contributed by atoms with Crippen LogP contribution in [0.3, 0.4) is 0 Å². The number of benzene rings is 2. The molecule has 0 spiro atoms. The highest BCUT2D eigenvalue weighted by molar-refractivity contribution is 6.04. The molecule has 1 heterocycles. The molecule has 0 saturated carbocycles. The van der Waals surface area contributed by atoms with Crippen LogP contribution in [0.4, 0.5) is 10.1 Å². The number of para-hydroxylation sites is 1. The lowest BCUT2D eigenvalue weighted by atomic mass is 10.1. The molecule has 0 aliphatic heterocycles. The van der Waals surface area contributed by atoms with Gasteiger partial charge in [-0.1, -0.05) is 24.3 Å². The highest BCUT2D eigenvalue weighted by atomic mass is 19.1. The summed E-state index contributed by atoms with van der Waals surface area (Å²) in [6.45, 7) is 2.64. The molecule has 1 aromatic heterocycles. The predicted octanol–water partition coefficient (Wildman–Crippen LogP) is 3.63. The molecule has 23 heavy (non-hydrogen) atoms. The smallest absolute Gasteiger partial charge is 0.255 e. The number of rotatable bonds is 4. The fraction of sp³-hybridized carbons (Fsp3) is 0.111. The largest absolute Gasteiger partial charge is 0.331 e. The number of carbonyl (C=O) groups excluding carboxylic acids is 1. The van der Waals surface area contributed by atoms with Crippen LogP contribution in [0.1, 0.15) is 21.7 Å². The number of nitrogens with one attached hydrogen (secondary N) is 1. The van der Waals surface area contributed by atoms with Crippen LogP contribution in [0.2, 0.25) is 0 Å². The summed E-state index contributed by atoms with van der Waals surface area (Å²) in [6, 6.07) is 13.3. The molecular weight excluding hydrogens is 293 g/mol. The minimum atomic E-state index is -0.451. The van der Waals surface area contributed by atoms with Gasteiger partial charge in [-0.25, -0.2) is 9.37 Å². The fourth-order valence-corrected chi connectivity index (χ4v) is 2.29. The van der Waals surface area contributed by atoms with Crippen molar-refractivity contribution >= 4 is 11.6 Å². The second-order valence-electron chi connectivity index (χ2n) is 5.23. The number of anilines is 1. The van der Waals surface area contributed by atoms with Gasteiger partial charge in [0.25, 0.3) is 5.91 Å². The van der Waals surface area contributed by atoms with E-state index in [4.69, 9.17) is 0 Å². The lowest BCUT2D eigenvalue weighted by Gasteiger charge is -2.08. The lowest BCUT2D eigenvalue weighted by Crippen LogP contribution is -2.13. The van der Waals surface area contributed by atoms with Crippen LogP contribution in [-0.4, -0.2) is 15.5 Å². The molecule has 116 valence electrons. The summed E-state index contributed by atoms with van der Waals surface area (Å²) in [7, 11) is 0. The summed E-state index contributed by atoms with van der Waals surface area (Å²) in [5, 5.41) is 2.57. The van der Waals surface area contributed by atoms with Crippen LogP contribution < -0.4 is 5.32 Å². The van der Waals surface area contributed by atoms with Crippen molar-refractivity contribution in [3.63, 3.8) is 0 Å². The predicted molar refractivity (Wildman–Crippen MR) is 86.9 cm³/mol. The first-order valence-corrected chi connectivity index (χ1v) is 7.26. The zero-order chi connectivity index (χ0) is 16.2. The zero-order valence-electron chi connectivity index (χ0n) is 12.7. The van der Waals surface area contributed by atoms with E-state index in [1.54, 1.807) is 30.5 Å². The number of aromatic nitrogens is 2. The van der Waals surface area contributed by atoms with Crippen LogP contribution in [-0.2, 0) is 6.54 Å². The Morgan fingerprint density at radius 3 is 2.57 bits per heavy atom. The fourth-order valence-electron chi connectivity index (χ4n) is 2.29. The van der Waals surface area contributed by atoms with E-state index in [0.29, 0.717) is 12.1 Å². The third kappa shape index (κ3) is 3.45. The number of aryl methyl sites for hydroxylation is 1. The average molecular weight is 309 g/mol. The quantitative estimate of drug-likeness (QED) is 0.800. The molecular formula is C18H16FN3O. The Morgan fingerprint density at radius 1 is 1.17 bits per heavy atom. The van der Waals surface area contributed by atoms with Gasteiger partial charge in [0.2, 0.25) is 0 Å². The normalized spacial score (nSPS) is 10.5. The molecule has 2 aromatic carbocycles. The van der Waals surface area contributed by atoms with Crippen LogP contribution >= 0.6 is 0 Å². The monoisotopic (exact) mass is 309 g/mol. The first-order chi connectivity index (χ1) is 11.1. The van der Waals surface area contributed by atoms with Crippen LogP contribution in [0.15, 0.2) is 60.9 Å². The van der Waals surface area contributed by atoms with E-state index >= 15 is 0 Å². The summed E-state index contributed by atoms with van der Waals surface area (Å²) >= 11 is 0.